The maximum absolute atomic E-state index is 11.8. The van der Waals surface area contributed by atoms with E-state index in [0.29, 0.717) is 39.9 Å². The van der Waals surface area contributed by atoms with E-state index >= 15 is 0 Å². The molecule has 0 spiro atoms. The van der Waals surface area contributed by atoms with Gasteiger partial charge in [0.15, 0.2) is 26.5 Å². The van der Waals surface area contributed by atoms with Crippen molar-refractivity contribution in [2.24, 2.45) is 11.8 Å². The van der Waals surface area contributed by atoms with Crippen LogP contribution in [0.1, 0.15) is 102 Å². The van der Waals surface area contributed by atoms with Crippen molar-refractivity contribution in [3.63, 3.8) is 0 Å². The van der Waals surface area contributed by atoms with Gasteiger partial charge in [0, 0.05) is 66.8 Å². The van der Waals surface area contributed by atoms with E-state index in [2.05, 4.69) is 97.6 Å². The molecule has 8 aromatic rings. The highest BCUT2D eigenvalue weighted by atomic mass is 32.2. The lowest BCUT2D eigenvalue weighted by molar-refractivity contribution is 0.131. The summed E-state index contributed by atoms with van der Waals surface area (Å²) in [7, 11) is -3.37. The molecular formula is C50H60N12O6S4. The molecule has 72 heavy (non-hydrogen) atoms. The van der Waals surface area contributed by atoms with E-state index in [4.69, 9.17) is 28.5 Å². The molecule has 10 heterocycles. The zero-order valence-electron chi connectivity index (χ0n) is 42.2. The first kappa shape index (κ1) is 51.1. The number of hydrogen-bond donors (Lipinski definition) is 0. The van der Waals surface area contributed by atoms with Crippen molar-refractivity contribution >= 4 is 77.0 Å². The zero-order valence-corrected chi connectivity index (χ0v) is 45.5. The van der Waals surface area contributed by atoms with E-state index in [1.54, 1.807) is 24.8 Å². The van der Waals surface area contributed by atoms with Gasteiger partial charge in [-0.2, -0.15) is 9.97 Å². The van der Waals surface area contributed by atoms with Gasteiger partial charge >= 0.3 is 12.0 Å². The summed E-state index contributed by atoms with van der Waals surface area (Å²) in [6.45, 7) is 19.7. The van der Waals surface area contributed by atoms with E-state index in [0.717, 1.165) is 124 Å². The van der Waals surface area contributed by atoms with Crippen LogP contribution in [0.5, 0.6) is 10.4 Å². The summed E-state index contributed by atoms with van der Waals surface area (Å²) < 4.78 is 47.1. The lowest BCUT2D eigenvalue weighted by atomic mass is 9.92. The highest BCUT2D eigenvalue weighted by Gasteiger charge is 2.30. The molecule has 18 nitrogen and oxygen atoms in total. The van der Waals surface area contributed by atoms with Crippen LogP contribution in [-0.4, -0.2) is 110 Å². The first-order chi connectivity index (χ1) is 34.5. The van der Waals surface area contributed by atoms with Crippen LogP contribution in [-0.2, 0) is 9.84 Å². The van der Waals surface area contributed by atoms with E-state index in [1.807, 2.05) is 43.5 Å². The Bertz CT molecular complexity index is 3270. The fourth-order valence-electron chi connectivity index (χ4n) is 8.74. The first-order valence-electron chi connectivity index (χ1n) is 24.2. The van der Waals surface area contributed by atoms with Crippen molar-refractivity contribution < 1.29 is 26.9 Å². The molecule has 0 aromatic carbocycles. The normalized spacial score (nSPS) is 15.9. The number of piperidine rings is 2. The highest BCUT2D eigenvalue weighted by molar-refractivity contribution is 7.98. The molecule has 2 aliphatic heterocycles. The van der Waals surface area contributed by atoms with Gasteiger partial charge in [-0.1, -0.05) is 60.7 Å². The Morgan fingerprint density at radius 1 is 0.597 bits per heavy atom. The Balaban J connectivity index is 0.000000178. The Morgan fingerprint density at radius 2 is 1.04 bits per heavy atom. The fourth-order valence-corrected chi connectivity index (χ4v) is 11.5. The number of ether oxygens (including phenoxy) is 2. The van der Waals surface area contributed by atoms with Gasteiger partial charge in [0.1, 0.15) is 32.9 Å². The number of aromatic nitrogens is 10. The second-order valence-electron chi connectivity index (χ2n) is 19.0. The van der Waals surface area contributed by atoms with Crippen molar-refractivity contribution in [3.05, 3.63) is 71.6 Å². The van der Waals surface area contributed by atoms with Gasteiger partial charge in [0.25, 0.3) is 10.4 Å². The number of pyridine rings is 4. The van der Waals surface area contributed by atoms with Crippen LogP contribution < -0.4 is 19.3 Å². The number of hydrogen-bond acceptors (Lipinski definition) is 21. The fraction of sp³-hybridized carbons (Fsp3) is 0.480. The molecule has 0 amide bonds. The van der Waals surface area contributed by atoms with Crippen LogP contribution in [0.2, 0.25) is 0 Å². The van der Waals surface area contributed by atoms with E-state index < -0.39 is 9.84 Å². The van der Waals surface area contributed by atoms with Crippen molar-refractivity contribution in [3.8, 4) is 32.9 Å². The summed E-state index contributed by atoms with van der Waals surface area (Å²) in [5.41, 5.74) is 6.67. The molecule has 0 N–H and O–H groups in total. The van der Waals surface area contributed by atoms with Gasteiger partial charge in [-0.05, 0) is 120 Å². The molecule has 2 aliphatic rings. The average Bonchev–Trinajstić information content (AvgIpc) is 4.20. The predicted molar refractivity (Wildman–Crippen MR) is 282 cm³/mol. The number of thioether (sulfide) groups is 1. The minimum absolute atomic E-state index is 0.00562. The molecule has 380 valence electrons. The van der Waals surface area contributed by atoms with Gasteiger partial charge in [0.05, 0.1) is 16.4 Å². The quantitative estimate of drug-likeness (QED) is 0.0926. The molecule has 22 heteroatoms. The summed E-state index contributed by atoms with van der Waals surface area (Å²) in [4.78, 5) is 42.8. The van der Waals surface area contributed by atoms with Crippen molar-refractivity contribution in [1.29, 1.82) is 0 Å². The average molecular weight is 1050 g/mol. The van der Waals surface area contributed by atoms with Gasteiger partial charge in [0.2, 0.25) is 0 Å². The van der Waals surface area contributed by atoms with Crippen molar-refractivity contribution in [1.82, 2.24) is 50.2 Å². The second kappa shape index (κ2) is 21.7. The molecule has 2 saturated heterocycles. The molecule has 0 unspecified atom stereocenters. The SMILES string of the molecule is CSc1ccc(-c2ccc3nc(O[C@@H](C)C4CCN(c5nc(C(C)C)no5)CC4)sc3n2)c(C)n1.Cc1nc(S(C)(=O)=O)ccc1-c1ccc2nc(O[C@@H](C)C3CCN(c4nc(C(C)C)no4)CC3)sc2n1. The summed E-state index contributed by atoms with van der Waals surface area (Å²) >= 11 is 4.55. The van der Waals surface area contributed by atoms with Gasteiger partial charge in [-0.15, -0.1) is 11.8 Å². The third-order valence-electron chi connectivity index (χ3n) is 13.1. The van der Waals surface area contributed by atoms with Crippen molar-refractivity contribution in [2.75, 3.05) is 48.5 Å². The number of rotatable bonds is 14. The molecule has 2 fully saturated rings. The number of anilines is 2. The highest BCUT2D eigenvalue weighted by Crippen LogP contribution is 2.36. The lowest BCUT2D eigenvalue weighted by Gasteiger charge is -2.33. The smallest absolute Gasteiger partial charge is 0.324 e. The number of sulfone groups is 1. The van der Waals surface area contributed by atoms with Crippen LogP contribution in [0.25, 0.3) is 43.2 Å². The van der Waals surface area contributed by atoms with Gasteiger partial charge < -0.3 is 28.3 Å². The number of aryl methyl sites for hydroxylation is 2. The van der Waals surface area contributed by atoms with Crippen LogP contribution in [0.3, 0.4) is 0 Å². The molecule has 2 atom stereocenters. The van der Waals surface area contributed by atoms with Crippen LogP contribution >= 0.6 is 34.4 Å². The number of fused-ring (bicyclic) bond motifs is 2. The standard InChI is InChI=1S/C25H30N6O4S2.C25H30N6O2S2/c1-14(2)22-29-24(35-30-22)31-12-10-17(11-13-31)16(4)34-25-28-20-8-7-19(27-23(20)36-25)18-6-9-21(26-15(18)3)37(5,32)33;1-14(2)22-29-24(33-30-22)31-12-10-17(11-13-31)16(4)32-25-28-20-8-7-19(27-23(20)35-25)18-6-9-21(34-5)26-15(18)3/h6-9,14,16-17H,10-13H2,1-5H3;6-9,14,16-17H,10-13H2,1-5H3/t2*16-/m00/s1. The summed E-state index contributed by atoms with van der Waals surface area (Å²) in [6, 6.07) is 16.4. The van der Waals surface area contributed by atoms with Crippen LogP contribution in [0.4, 0.5) is 12.0 Å². The van der Waals surface area contributed by atoms with E-state index in [9.17, 15) is 8.42 Å². The topological polar surface area (TPSA) is 214 Å². The monoisotopic (exact) mass is 1050 g/mol. The third kappa shape index (κ3) is 11.7. The first-order valence-corrected chi connectivity index (χ1v) is 29.0. The van der Waals surface area contributed by atoms with E-state index in [1.165, 1.54) is 28.7 Å². The lowest BCUT2D eigenvalue weighted by Crippen LogP contribution is -2.38. The maximum Gasteiger partial charge on any atom is 0.324 e. The number of thiazole rings is 2. The number of nitrogens with zero attached hydrogens (tertiary/aromatic N) is 12. The maximum atomic E-state index is 11.8. The summed E-state index contributed by atoms with van der Waals surface area (Å²) in [5.74, 6) is 2.83. The predicted octanol–water partition coefficient (Wildman–Crippen LogP) is 10.6. The Hall–Kier alpha value is -5.84. The Morgan fingerprint density at radius 3 is 1.43 bits per heavy atom. The molecule has 0 aliphatic carbocycles. The summed E-state index contributed by atoms with van der Waals surface area (Å²) in [5, 5.41) is 10.5. The largest absolute Gasteiger partial charge is 0.467 e. The minimum atomic E-state index is -3.37. The van der Waals surface area contributed by atoms with E-state index in [-0.39, 0.29) is 29.1 Å². The van der Waals surface area contributed by atoms with Gasteiger partial charge in [-0.3, -0.25) is 0 Å². The molecule has 0 radical (unpaired) electrons. The Labute approximate surface area is 431 Å². The van der Waals surface area contributed by atoms with Crippen molar-refractivity contribution in [2.45, 2.75) is 115 Å². The molecule has 10 rings (SSSR count). The Kier molecular flexibility index (Phi) is 15.4. The minimum Gasteiger partial charge on any atom is -0.467 e. The molecule has 0 bridgehead atoms. The molecular weight excluding hydrogens is 993 g/mol. The van der Waals surface area contributed by atoms with Crippen LogP contribution in [0.15, 0.2) is 67.6 Å². The zero-order chi connectivity index (χ0) is 50.8. The third-order valence-corrected chi connectivity index (χ3v) is 16.5. The van der Waals surface area contributed by atoms with Crippen LogP contribution in [0, 0.1) is 25.7 Å². The second-order valence-corrected chi connectivity index (χ2v) is 23.7. The summed E-state index contributed by atoms with van der Waals surface area (Å²) in [6.07, 6.45) is 7.19. The van der Waals surface area contributed by atoms with Gasteiger partial charge in [-0.25, -0.2) is 38.3 Å². The molecule has 0 saturated carbocycles. The molecule has 8 aromatic heterocycles.